The lowest BCUT2D eigenvalue weighted by atomic mass is 10.0. The first-order chi connectivity index (χ1) is 10.1. The molecular formula is C18H20N2O. The summed E-state index contributed by atoms with van der Waals surface area (Å²) in [4.78, 5) is 4.72. The van der Waals surface area contributed by atoms with Crippen LogP contribution in [0.5, 0.6) is 0 Å². The molecule has 1 atom stereocenters. The molecule has 1 unspecified atom stereocenters. The van der Waals surface area contributed by atoms with Crippen LogP contribution >= 0.6 is 0 Å². The van der Waals surface area contributed by atoms with Crippen molar-refractivity contribution in [2.75, 3.05) is 0 Å². The molecule has 3 rings (SSSR count). The summed E-state index contributed by atoms with van der Waals surface area (Å²) in [5, 5.41) is 10.2. The number of rotatable bonds is 3. The van der Waals surface area contributed by atoms with Crippen molar-refractivity contribution in [1.29, 1.82) is 0 Å². The molecule has 108 valence electrons. The summed E-state index contributed by atoms with van der Waals surface area (Å²) in [5.41, 5.74) is 6.09. The minimum atomic E-state index is -0.566. The zero-order chi connectivity index (χ0) is 15.0. The van der Waals surface area contributed by atoms with Crippen LogP contribution in [-0.4, -0.2) is 14.5 Å². The second-order valence-electron chi connectivity index (χ2n) is 5.50. The first-order valence-electron chi connectivity index (χ1n) is 7.36. The summed E-state index contributed by atoms with van der Waals surface area (Å²) in [6.07, 6.45) is 2.43. The molecule has 21 heavy (non-hydrogen) atoms. The van der Waals surface area contributed by atoms with Crippen molar-refractivity contribution >= 4 is 5.65 Å². The third kappa shape index (κ3) is 2.45. The van der Waals surface area contributed by atoms with Gasteiger partial charge in [-0.2, -0.15) is 0 Å². The number of fused-ring (bicyclic) bond motifs is 1. The molecule has 0 fully saturated rings. The van der Waals surface area contributed by atoms with E-state index in [2.05, 4.69) is 31.2 Å². The van der Waals surface area contributed by atoms with Crippen LogP contribution < -0.4 is 0 Å². The highest BCUT2D eigenvalue weighted by molar-refractivity contribution is 5.67. The van der Waals surface area contributed by atoms with Gasteiger partial charge in [-0.15, -0.1) is 0 Å². The average molecular weight is 280 g/mol. The molecule has 2 aromatic heterocycles. The van der Waals surface area contributed by atoms with Crippen molar-refractivity contribution in [3.63, 3.8) is 0 Å². The van der Waals surface area contributed by atoms with Gasteiger partial charge in [0.05, 0.1) is 17.5 Å². The summed E-state index contributed by atoms with van der Waals surface area (Å²) in [6.45, 7) is 5.98. The molecule has 0 aliphatic rings. The molecule has 1 N–H and O–H groups in total. The Morgan fingerprint density at radius 2 is 1.90 bits per heavy atom. The molecule has 2 heterocycles. The van der Waals surface area contributed by atoms with Gasteiger partial charge in [0.25, 0.3) is 0 Å². The van der Waals surface area contributed by atoms with Gasteiger partial charge < -0.3 is 9.51 Å². The fraction of sp³-hybridized carbons (Fsp3) is 0.278. The first kappa shape index (κ1) is 13.8. The van der Waals surface area contributed by atoms with E-state index in [1.807, 2.05) is 29.7 Å². The Morgan fingerprint density at radius 3 is 2.52 bits per heavy atom. The van der Waals surface area contributed by atoms with Gasteiger partial charge in [-0.05, 0) is 43.5 Å². The fourth-order valence-electron chi connectivity index (χ4n) is 2.68. The maximum atomic E-state index is 10.2. The van der Waals surface area contributed by atoms with E-state index in [4.69, 9.17) is 4.98 Å². The fourth-order valence-corrected chi connectivity index (χ4v) is 2.68. The van der Waals surface area contributed by atoms with Crippen LogP contribution in [0.1, 0.15) is 36.8 Å². The third-order valence-corrected chi connectivity index (χ3v) is 3.85. The standard InChI is InChI=1S/C18H20N2O/c1-4-14-5-7-15(8-6-14)17-18(13(3)21)20-10-9-12(2)11-16(20)19-17/h5-11,13,21H,4H2,1-3H3. The van der Waals surface area contributed by atoms with E-state index in [-0.39, 0.29) is 0 Å². The topological polar surface area (TPSA) is 37.5 Å². The summed E-state index contributed by atoms with van der Waals surface area (Å²) in [5.74, 6) is 0. The molecule has 1 aromatic carbocycles. The Bertz CT molecular complexity index is 770. The molecule has 0 radical (unpaired) electrons. The Kier molecular flexibility index (Phi) is 3.52. The molecule has 0 bridgehead atoms. The molecular weight excluding hydrogens is 260 g/mol. The number of aliphatic hydroxyl groups excluding tert-OH is 1. The summed E-state index contributed by atoms with van der Waals surface area (Å²) in [6, 6.07) is 12.5. The van der Waals surface area contributed by atoms with E-state index in [0.717, 1.165) is 34.6 Å². The van der Waals surface area contributed by atoms with Crippen molar-refractivity contribution in [3.8, 4) is 11.3 Å². The third-order valence-electron chi connectivity index (χ3n) is 3.85. The van der Waals surface area contributed by atoms with Gasteiger partial charge in [-0.1, -0.05) is 31.2 Å². The number of hydrogen-bond donors (Lipinski definition) is 1. The van der Waals surface area contributed by atoms with Crippen LogP contribution in [0.15, 0.2) is 42.6 Å². The normalized spacial score (nSPS) is 12.8. The second kappa shape index (κ2) is 5.34. The molecule has 3 aromatic rings. The lowest BCUT2D eigenvalue weighted by Crippen LogP contribution is -1.99. The minimum absolute atomic E-state index is 0.566. The Labute approximate surface area is 124 Å². The quantitative estimate of drug-likeness (QED) is 0.789. The van der Waals surface area contributed by atoms with Gasteiger partial charge in [0.15, 0.2) is 0 Å². The predicted octanol–water partition coefficient (Wildman–Crippen LogP) is 3.93. The Hall–Kier alpha value is -2.13. The molecule has 0 saturated carbocycles. The van der Waals surface area contributed by atoms with E-state index < -0.39 is 6.10 Å². The number of imidazole rings is 1. The molecule has 0 aliphatic carbocycles. The van der Waals surface area contributed by atoms with Gasteiger partial charge in [-0.3, -0.25) is 0 Å². The van der Waals surface area contributed by atoms with Crippen LogP contribution in [0, 0.1) is 6.92 Å². The van der Waals surface area contributed by atoms with E-state index in [1.165, 1.54) is 5.56 Å². The minimum Gasteiger partial charge on any atom is -0.387 e. The SMILES string of the molecule is CCc1ccc(-c2nc3cc(C)ccn3c2C(C)O)cc1. The Balaban J connectivity index is 2.22. The molecule has 3 heteroatoms. The molecule has 0 aliphatic heterocycles. The van der Waals surface area contributed by atoms with Crippen LogP contribution in [0.3, 0.4) is 0 Å². The maximum absolute atomic E-state index is 10.2. The number of aromatic nitrogens is 2. The second-order valence-corrected chi connectivity index (χ2v) is 5.50. The maximum Gasteiger partial charge on any atom is 0.138 e. The number of nitrogens with zero attached hydrogens (tertiary/aromatic N) is 2. The van der Waals surface area contributed by atoms with Crippen molar-refractivity contribution in [1.82, 2.24) is 9.38 Å². The van der Waals surface area contributed by atoms with Crippen molar-refractivity contribution in [2.24, 2.45) is 0 Å². The molecule has 0 spiro atoms. The summed E-state index contributed by atoms with van der Waals surface area (Å²) < 4.78 is 1.97. The number of pyridine rings is 1. The van der Waals surface area contributed by atoms with Gasteiger partial charge >= 0.3 is 0 Å². The van der Waals surface area contributed by atoms with E-state index >= 15 is 0 Å². The van der Waals surface area contributed by atoms with E-state index in [0.29, 0.717) is 0 Å². The molecule has 0 saturated heterocycles. The van der Waals surface area contributed by atoms with Crippen LogP contribution in [-0.2, 0) is 6.42 Å². The highest BCUT2D eigenvalue weighted by Gasteiger charge is 2.17. The number of aryl methyl sites for hydroxylation is 2. The Morgan fingerprint density at radius 1 is 1.19 bits per heavy atom. The zero-order valence-corrected chi connectivity index (χ0v) is 12.7. The number of benzene rings is 1. The molecule has 3 nitrogen and oxygen atoms in total. The average Bonchev–Trinajstić information content (AvgIpc) is 2.85. The summed E-state index contributed by atoms with van der Waals surface area (Å²) >= 11 is 0. The number of hydrogen-bond acceptors (Lipinski definition) is 2. The predicted molar refractivity (Wildman–Crippen MR) is 85.4 cm³/mol. The van der Waals surface area contributed by atoms with Gasteiger partial charge in [0.1, 0.15) is 5.65 Å². The van der Waals surface area contributed by atoms with Crippen molar-refractivity contribution < 1.29 is 5.11 Å². The van der Waals surface area contributed by atoms with Gasteiger partial charge in [0.2, 0.25) is 0 Å². The highest BCUT2D eigenvalue weighted by Crippen LogP contribution is 2.29. The van der Waals surface area contributed by atoms with Gasteiger partial charge in [-0.25, -0.2) is 4.98 Å². The first-order valence-corrected chi connectivity index (χ1v) is 7.36. The molecule has 0 amide bonds. The summed E-state index contributed by atoms with van der Waals surface area (Å²) in [7, 11) is 0. The van der Waals surface area contributed by atoms with Crippen molar-refractivity contribution in [2.45, 2.75) is 33.3 Å². The lowest BCUT2D eigenvalue weighted by molar-refractivity contribution is 0.194. The smallest absolute Gasteiger partial charge is 0.138 e. The van der Waals surface area contributed by atoms with Crippen LogP contribution in [0.2, 0.25) is 0 Å². The van der Waals surface area contributed by atoms with Gasteiger partial charge in [0, 0.05) is 11.8 Å². The lowest BCUT2D eigenvalue weighted by Gasteiger charge is -2.08. The van der Waals surface area contributed by atoms with Crippen LogP contribution in [0.25, 0.3) is 16.9 Å². The van der Waals surface area contributed by atoms with Crippen molar-refractivity contribution in [3.05, 3.63) is 59.4 Å². The highest BCUT2D eigenvalue weighted by atomic mass is 16.3. The van der Waals surface area contributed by atoms with E-state index in [9.17, 15) is 5.11 Å². The monoisotopic (exact) mass is 280 g/mol. The van der Waals surface area contributed by atoms with E-state index in [1.54, 1.807) is 6.92 Å². The zero-order valence-electron chi connectivity index (χ0n) is 12.7. The largest absolute Gasteiger partial charge is 0.387 e. The number of aliphatic hydroxyl groups is 1. The van der Waals surface area contributed by atoms with Crippen LogP contribution in [0.4, 0.5) is 0 Å².